The molecule has 0 amide bonds. The monoisotopic (exact) mass is 206 g/mol. The summed E-state index contributed by atoms with van der Waals surface area (Å²) in [5, 5.41) is 18.5. The summed E-state index contributed by atoms with van der Waals surface area (Å²) < 4.78 is 0. The summed E-state index contributed by atoms with van der Waals surface area (Å²) in [6, 6.07) is 1.90. The van der Waals surface area contributed by atoms with Gasteiger partial charge in [-0.05, 0) is 5.56 Å². The smallest absolute Gasteiger partial charge is 0.268 e. The number of aromatic nitrogens is 1. The molecule has 1 atom stereocenters. The highest BCUT2D eigenvalue weighted by Gasteiger charge is 2.24. The first-order chi connectivity index (χ1) is 7.13. The quantitative estimate of drug-likeness (QED) is 0.484. The summed E-state index contributed by atoms with van der Waals surface area (Å²) in [7, 11) is 2.01. The van der Waals surface area contributed by atoms with Crippen LogP contribution in [0.2, 0.25) is 0 Å². The average Bonchev–Trinajstić information content (AvgIpc) is 2.19. The van der Waals surface area contributed by atoms with Crippen molar-refractivity contribution in [3.8, 4) is 11.9 Å². The normalized spacial score (nSPS) is 19.3. The van der Waals surface area contributed by atoms with Crippen molar-refractivity contribution in [3.63, 3.8) is 0 Å². The molecule has 0 saturated carbocycles. The lowest BCUT2D eigenvalue weighted by atomic mass is 9.97. The molecule has 0 bridgehead atoms. The predicted molar refractivity (Wildman–Crippen MR) is 52.6 cm³/mol. The maximum absolute atomic E-state index is 11.4. The van der Waals surface area contributed by atoms with Crippen molar-refractivity contribution >= 4 is 0 Å². The zero-order chi connectivity index (χ0) is 11.0. The maximum atomic E-state index is 11.4. The first kappa shape index (κ1) is 9.74. The average molecular weight is 206 g/mol. The summed E-state index contributed by atoms with van der Waals surface area (Å²) in [4.78, 5) is 14.9. The minimum absolute atomic E-state index is 0.0898. The number of quaternary nitrogens is 1. The van der Waals surface area contributed by atoms with Crippen LogP contribution in [0.15, 0.2) is 4.79 Å². The van der Waals surface area contributed by atoms with E-state index in [-0.39, 0.29) is 11.4 Å². The van der Waals surface area contributed by atoms with E-state index in [2.05, 4.69) is 4.98 Å². The Bertz CT molecular complexity index is 499. The van der Waals surface area contributed by atoms with Crippen LogP contribution in [0, 0.1) is 11.3 Å². The largest absolute Gasteiger partial charge is 0.494 e. The molecule has 0 radical (unpaired) electrons. The Morgan fingerprint density at radius 1 is 1.53 bits per heavy atom. The molecule has 1 aromatic heterocycles. The van der Waals surface area contributed by atoms with Crippen LogP contribution in [0.1, 0.15) is 16.7 Å². The number of hydrogen-bond donors (Lipinski definition) is 3. The van der Waals surface area contributed by atoms with Crippen molar-refractivity contribution < 1.29 is 10.0 Å². The van der Waals surface area contributed by atoms with E-state index in [1.165, 1.54) is 4.90 Å². The number of pyridine rings is 1. The first-order valence-electron chi connectivity index (χ1n) is 4.82. The number of fused-ring (bicyclic) bond motifs is 1. The van der Waals surface area contributed by atoms with Gasteiger partial charge in [-0.2, -0.15) is 5.26 Å². The maximum Gasteiger partial charge on any atom is 0.268 e. The molecule has 1 aliphatic heterocycles. The summed E-state index contributed by atoms with van der Waals surface area (Å²) in [6.07, 6.45) is 0.668. The van der Waals surface area contributed by atoms with E-state index in [0.717, 1.165) is 6.54 Å². The lowest BCUT2D eigenvalue weighted by Gasteiger charge is -2.22. The van der Waals surface area contributed by atoms with E-state index < -0.39 is 5.56 Å². The molecule has 0 fully saturated rings. The summed E-state index contributed by atoms with van der Waals surface area (Å²) in [5.74, 6) is -0.0898. The van der Waals surface area contributed by atoms with Crippen LogP contribution in [0.25, 0.3) is 0 Å². The minimum atomic E-state index is -0.492. The fraction of sp³-hybridized carbons (Fsp3) is 0.400. The fourth-order valence-corrected chi connectivity index (χ4v) is 1.99. The molecular weight excluding hydrogens is 194 g/mol. The van der Waals surface area contributed by atoms with E-state index in [0.29, 0.717) is 24.1 Å². The van der Waals surface area contributed by atoms with Gasteiger partial charge in [-0.25, -0.2) is 0 Å². The Morgan fingerprint density at radius 3 is 2.93 bits per heavy atom. The molecular formula is C10H12N3O2+. The molecule has 5 nitrogen and oxygen atoms in total. The molecule has 15 heavy (non-hydrogen) atoms. The molecule has 3 N–H and O–H groups in total. The highest BCUT2D eigenvalue weighted by atomic mass is 16.3. The van der Waals surface area contributed by atoms with E-state index in [1.807, 2.05) is 13.1 Å². The van der Waals surface area contributed by atoms with Crippen molar-refractivity contribution in [2.24, 2.45) is 0 Å². The first-order valence-corrected chi connectivity index (χ1v) is 4.82. The summed E-state index contributed by atoms with van der Waals surface area (Å²) in [6.45, 7) is 1.52. The van der Waals surface area contributed by atoms with Crippen molar-refractivity contribution in [2.45, 2.75) is 13.0 Å². The second kappa shape index (κ2) is 3.41. The van der Waals surface area contributed by atoms with E-state index >= 15 is 0 Å². The van der Waals surface area contributed by atoms with Crippen LogP contribution in [0.3, 0.4) is 0 Å². The number of nitriles is 1. The lowest BCUT2D eigenvalue weighted by molar-refractivity contribution is -0.895. The van der Waals surface area contributed by atoms with Gasteiger partial charge in [-0.15, -0.1) is 0 Å². The van der Waals surface area contributed by atoms with Gasteiger partial charge in [0.05, 0.1) is 19.2 Å². The Hall–Kier alpha value is -1.80. The molecule has 1 aromatic rings. The molecule has 78 valence electrons. The summed E-state index contributed by atoms with van der Waals surface area (Å²) >= 11 is 0. The van der Waals surface area contributed by atoms with Crippen LogP contribution in [0.4, 0.5) is 0 Å². The van der Waals surface area contributed by atoms with Gasteiger partial charge in [0.15, 0.2) is 0 Å². The zero-order valence-corrected chi connectivity index (χ0v) is 8.42. The summed E-state index contributed by atoms with van der Waals surface area (Å²) in [5.41, 5.74) is 1.07. The molecule has 2 rings (SSSR count). The molecule has 1 aliphatic rings. The highest BCUT2D eigenvalue weighted by Crippen LogP contribution is 2.20. The highest BCUT2D eigenvalue weighted by molar-refractivity contribution is 5.45. The lowest BCUT2D eigenvalue weighted by Crippen LogP contribution is -3.08. The van der Waals surface area contributed by atoms with Gasteiger partial charge in [-0.3, -0.25) is 9.78 Å². The number of likely N-dealkylation sites (N-methyl/N-ethyl adjacent to an activating group) is 1. The van der Waals surface area contributed by atoms with Crippen molar-refractivity contribution in [2.75, 3.05) is 13.6 Å². The van der Waals surface area contributed by atoms with E-state index in [9.17, 15) is 9.90 Å². The second-order valence-electron chi connectivity index (χ2n) is 3.88. The third kappa shape index (κ3) is 1.49. The molecule has 0 saturated heterocycles. The van der Waals surface area contributed by atoms with Crippen molar-refractivity contribution in [1.29, 1.82) is 5.26 Å². The number of aromatic amines is 1. The third-order valence-corrected chi connectivity index (χ3v) is 2.80. The standard InChI is InChI=1S/C10H11N3O2/c1-13-3-2-6-7(4-11)9(14)12-10(15)8(6)5-13/h2-3,5H2,1H3,(H2,12,14,15)/p+1. The Balaban J connectivity index is 2.69. The van der Waals surface area contributed by atoms with Crippen LogP contribution in [0.5, 0.6) is 5.88 Å². The predicted octanol–water partition coefficient (Wildman–Crippen LogP) is -1.48. The number of H-pyrrole nitrogens is 1. The van der Waals surface area contributed by atoms with Gasteiger partial charge in [0.2, 0.25) is 5.88 Å². The molecule has 1 unspecified atom stereocenters. The minimum Gasteiger partial charge on any atom is -0.494 e. The van der Waals surface area contributed by atoms with Crippen LogP contribution in [-0.4, -0.2) is 23.7 Å². The molecule has 0 aliphatic carbocycles. The van der Waals surface area contributed by atoms with Crippen LogP contribution < -0.4 is 10.5 Å². The topological polar surface area (TPSA) is 81.3 Å². The van der Waals surface area contributed by atoms with Gasteiger partial charge in [0.25, 0.3) is 5.56 Å². The van der Waals surface area contributed by atoms with Crippen LogP contribution in [-0.2, 0) is 13.0 Å². The van der Waals surface area contributed by atoms with Crippen molar-refractivity contribution in [1.82, 2.24) is 4.98 Å². The third-order valence-electron chi connectivity index (χ3n) is 2.80. The van der Waals surface area contributed by atoms with E-state index in [4.69, 9.17) is 5.26 Å². The number of nitrogens with zero attached hydrogens (tertiary/aromatic N) is 1. The van der Waals surface area contributed by atoms with Gasteiger partial charge in [0.1, 0.15) is 18.2 Å². The number of aromatic hydroxyl groups is 1. The molecule has 5 heteroatoms. The number of rotatable bonds is 0. The zero-order valence-electron chi connectivity index (χ0n) is 8.42. The Morgan fingerprint density at radius 2 is 2.27 bits per heavy atom. The van der Waals surface area contributed by atoms with E-state index in [1.54, 1.807) is 0 Å². The number of hydrogen-bond acceptors (Lipinski definition) is 3. The molecule has 0 aromatic carbocycles. The Labute approximate surface area is 86.6 Å². The van der Waals surface area contributed by atoms with Gasteiger partial charge < -0.3 is 10.0 Å². The number of nitrogens with one attached hydrogen (secondary N) is 2. The molecule has 2 heterocycles. The SMILES string of the molecule is C[NH+]1CCc2c(c(O)[nH]c(=O)c2C#N)C1. The van der Waals surface area contributed by atoms with Gasteiger partial charge in [0, 0.05) is 6.42 Å². The van der Waals surface area contributed by atoms with Crippen molar-refractivity contribution in [3.05, 3.63) is 27.0 Å². The second-order valence-corrected chi connectivity index (χ2v) is 3.88. The van der Waals surface area contributed by atoms with Gasteiger partial charge in [-0.1, -0.05) is 0 Å². The molecule has 0 spiro atoms. The Kier molecular flexibility index (Phi) is 2.21. The fourth-order valence-electron chi connectivity index (χ4n) is 1.99. The van der Waals surface area contributed by atoms with Crippen LogP contribution >= 0.6 is 0 Å². The van der Waals surface area contributed by atoms with Gasteiger partial charge >= 0.3 is 0 Å².